The molecule has 0 unspecified atom stereocenters. The smallest absolute Gasteiger partial charge is 0.230 e. The van der Waals surface area contributed by atoms with E-state index in [1.165, 1.54) is 18.3 Å². The van der Waals surface area contributed by atoms with E-state index in [-0.39, 0.29) is 23.0 Å². The number of carbonyl (C=O) groups is 1. The van der Waals surface area contributed by atoms with Crippen LogP contribution in [0, 0.1) is 0 Å². The third-order valence-corrected chi connectivity index (χ3v) is 8.55. The number of nitrogens with one attached hydrogen (secondary N) is 1. The first-order valence-corrected chi connectivity index (χ1v) is 13.4. The molecule has 1 aromatic carbocycles. The number of nitrogens with zero attached hydrogens (tertiary/aromatic N) is 3. The van der Waals surface area contributed by atoms with E-state index in [9.17, 15) is 13.2 Å². The lowest BCUT2D eigenvalue weighted by atomic mass is 9.94. The third kappa shape index (κ3) is 4.44. The Morgan fingerprint density at radius 2 is 1.91 bits per heavy atom. The van der Waals surface area contributed by atoms with Crippen LogP contribution in [-0.2, 0) is 26.5 Å². The fraction of sp³-hybridized carbons (Fsp3) is 0.391. The topological polar surface area (TPSA) is 115 Å². The largest absolute Gasteiger partial charge is 0.339 e. The molecular weight excluding hydrogens is 499 g/mol. The van der Waals surface area contributed by atoms with Gasteiger partial charge in [-0.15, -0.1) is 0 Å². The van der Waals surface area contributed by atoms with E-state index >= 15 is 0 Å². The monoisotopic (exact) mass is 520 g/mol. The molecule has 1 N–H and O–H groups in total. The van der Waals surface area contributed by atoms with Crippen molar-refractivity contribution in [3.05, 3.63) is 63.5 Å². The number of pyridine rings is 1. The Bertz CT molecular complexity index is 1340. The number of hydrogen-bond donors (Lipinski definition) is 1. The van der Waals surface area contributed by atoms with Gasteiger partial charge in [-0.25, -0.2) is 8.42 Å². The van der Waals surface area contributed by atoms with Gasteiger partial charge in [0.15, 0.2) is 15.7 Å². The van der Waals surface area contributed by atoms with E-state index in [0.717, 1.165) is 31.2 Å². The van der Waals surface area contributed by atoms with Crippen molar-refractivity contribution in [2.75, 3.05) is 11.1 Å². The van der Waals surface area contributed by atoms with Gasteiger partial charge >= 0.3 is 0 Å². The van der Waals surface area contributed by atoms with Crippen LogP contribution in [0.4, 0.5) is 5.69 Å². The Morgan fingerprint density at radius 1 is 1.21 bits per heavy atom. The van der Waals surface area contributed by atoms with Gasteiger partial charge in [-0.2, -0.15) is 4.98 Å². The molecule has 2 aliphatic carbocycles. The molecule has 2 fully saturated rings. The van der Waals surface area contributed by atoms with Crippen LogP contribution in [0.15, 0.2) is 39.9 Å². The Labute approximate surface area is 207 Å². The molecule has 0 bridgehead atoms. The van der Waals surface area contributed by atoms with Gasteiger partial charge in [0.25, 0.3) is 0 Å². The second kappa shape index (κ2) is 8.62. The van der Waals surface area contributed by atoms with E-state index in [1.807, 2.05) is 0 Å². The molecule has 3 aromatic rings. The SMILES string of the molecule is CCS(=O)(=O)c1ccc(CC(=O)Nc2cc(Cl)c(C3(c4noc(C5CC5)n4)CC3)c(Cl)c2)nc1. The first kappa shape index (κ1) is 23.3. The zero-order valence-electron chi connectivity index (χ0n) is 18.3. The average molecular weight is 521 g/mol. The number of hydrogen-bond acceptors (Lipinski definition) is 7. The fourth-order valence-corrected chi connectivity index (χ4v) is 5.65. The lowest BCUT2D eigenvalue weighted by Gasteiger charge is -2.17. The highest BCUT2D eigenvalue weighted by Gasteiger charge is 2.53. The zero-order valence-corrected chi connectivity index (χ0v) is 20.7. The quantitative estimate of drug-likeness (QED) is 0.457. The normalized spacial score (nSPS) is 16.9. The fourth-order valence-electron chi connectivity index (χ4n) is 3.97. The van der Waals surface area contributed by atoms with Gasteiger partial charge in [0.2, 0.25) is 11.8 Å². The maximum absolute atomic E-state index is 12.5. The number of aromatic nitrogens is 3. The molecule has 11 heteroatoms. The molecule has 2 heterocycles. The summed E-state index contributed by atoms with van der Waals surface area (Å²) in [5, 5.41) is 7.82. The van der Waals surface area contributed by atoms with Crippen molar-refractivity contribution in [1.82, 2.24) is 15.1 Å². The summed E-state index contributed by atoms with van der Waals surface area (Å²) in [7, 11) is -3.34. The number of rotatable bonds is 8. The summed E-state index contributed by atoms with van der Waals surface area (Å²) in [6.07, 6.45) is 5.02. The summed E-state index contributed by atoms with van der Waals surface area (Å²) in [4.78, 5) is 21.4. The maximum Gasteiger partial charge on any atom is 0.230 e. The molecule has 0 atom stereocenters. The van der Waals surface area contributed by atoms with Crippen molar-refractivity contribution >= 4 is 44.6 Å². The Balaban J connectivity index is 1.30. The Morgan fingerprint density at radius 3 is 2.47 bits per heavy atom. The van der Waals surface area contributed by atoms with Crippen LogP contribution in [0.1, 0.15) is 61.5 Å². The molecule has 5 rings (SSSR count). The highest BCUT2D eigenvalue weighted by molar-refractivity contribution is 7.91. The molecule has 2 saturated carbocycles. The van der Waals surface area contributed by atoms with Crippen molar-refractivity contribution < 1.29 is 17.7 Å². The van der Waals surface area contributed by atoms with E-state index in [0.29, 0.717) is 39.1 Å². The number of benzene rings is 1. The number of amides is 1. The molecule has 34 heavy (non-hydrogen) atoms. The van der Waals surface area contributed by atoms with Crippen LogP contribution in [0.5, 0.6) is 0 Å². The summed E-state index contributed by atoms with van der Waals surface area (Å²) in [6.45, 7) is 1.57. The van der Waals surface area contributed by atoms with Crippen molar-refractivity contribution in [3.8, 4) is 0 Å². The van der Waals surface area contributed by atoms with Crippen LogP contribution in [0.25, 0.3) is 0 Å². The second-order valence-corrected chi connectivity index (χ2v) is 11.8. The van der Waals surface area contributed by atoms with Crippen LogP contribution in [0.2, 0.25) is 10.0 Å². The number of anilines is 1. The predicted molar refractivity (Wildman–Crippen MR) is 127 cm³/mol. The predicted octanol–water partition coefficient (Wildman–Crippen LogP) is 4.70. The first-order valence-electron chi connectivity index (χ1n) is 11.0. The van der Waals surface area contributed by atoms with Crippen LogP contribution < -0.4 is 5.32 Å². The molecule has 0 aliphatic heterocycles. The summed E-state index contributed by atoms with van der Waals surface area (Å²) in [6, 6.07) is 6.31. The van der Waals surface area contributed by atoms with Crippen LogP contribution >= 0.6 is 23.2 Å². The average Bonchev–Trinajstić information content (AvgIpc) is 3.73. The van der Waals surface area contributed by atoms with Gasteiger partial charge in [-0.3, -0.25) is 9.78 Å². The molecule has 178 valence electrons. The Kier molecular flexibility index (Phi) is 5.90. The van der Waals surface area contributed by atoms with Crippen LogP contribution in [-0.4, -0.2) is 35.2 Å². The minimum Gasteiger partial charge on any atom is -0.339 e. The minimum atomic E-state index is -3.34. The molecular formula is C23H22Cl2N4O4S. The summed E-state index contributed by atoms with van der Waals surface area (Å²) >= 11 is 13.2. The lowest BCUT2D eigenvalue weighted by molar-refractivity contribution is -0.115. The Hall–Kier alpha value is -2.49. The third-order valence-electron chi connectivity index (χ3n) is 6.23. The lowest BCUT2D eigenvalue weighted by Crippen LogP contribution is -2.17. The molecule has 1 amide bonds. The van der Waals surface area contributed by atoms with E-state index in [2.05, 4.69) is 20.4 Å². The van der Waals surface area contributed by atoms with Gasteiger partial charge in [0.1, 0.15) is 0 Å². The van der Waals surface area contributed by atoms with E-state index in [4.69, 9.17) is 27.7 Å². The second-order valence-electron chi connectivity index (χ2n) is 8.74. The number of halogens is 2. The summed E-state index contributed by atoms with van der Waals surface area (Å²) in [5.74, 6) is 1.30. The zero-order chi connectivity index (χ0) is 24.1. The highest BCUT2D eigenvalue weighted by atomic mass is 35.5. The highest BCUT2D eigenvalue weighted by Crippen LogP contribution is 2.57. The van der Waals surface area contributed by atoms with Gasteiger partial charge in [-0.1, -0.05) is 35.3 Å². The van der Waals surface area contributed by atoms with Gasteiger partial charge in [-0.05, 0) is 49.9 Å². The molecule has 0 saturated heterocycles. The number of carbonyl (C=O) groups excluding carboxylic acids is 1. The van der Waals surface area contributed by atoms with Crippen molar-refractivity contribution in [3.63, 3.8) is 0 Å². The molecule has 0 spiro atoms. The van der Waals surface area contributed by atoms with Crippen molar-refractivity contribution in [2.45, 2.75) is 55.3 Å². The minimum absolute atomic E-state index is 0.0122. The molecule has 2 aliphatic rings. The maximum atomic E-state index is 12.5. The first-order chi connectivity index (χ1) is 16.2. The van der Waals surface area contributed by atoms with Gasteiger partial charge in [0.05, 0.1) is 22.5 Å². The number of sulfone groups is 1. The van der Waals surface area contributed by atoms with Gasteiger partial charge in [0, 0.05) is 39.1 Å². The van der Waals surface area contributed by atoms with Gasteiger partial charge < -0.3 is 9.84 Å². The van der Waals surface area contributed by atoms with Crippen LogP contribution in [0.3, 0.4) is 0 Å². The van der Waals surface area contributed by atoms with Crippen molar-refractivity contribution in [2.24, 2.45) is 0 Å². The van der Waals surface area contributed by atoms with Crippen molar-refractivity contribution in [1.29, 1.82) is 0 Å². The van der Waals surface area contributed by atoms with E-state index in [1.54, 1.807) is 19.1 Å². The molecule has 8 nitrogen and oxygen atoms in total. The summed E-state index contributed by atoms with van der Waals surface area (Å²) in [5.41, 5.74) is 1.18. The van der Waals surface area contributed by atoms with E-state index < -0.39 is 15.3 Å². The standard InChI is InChI=1S/C23H22Cl2N4O4S/c1-2-34(31,32)16-6-5-14(26-12-16)11-19(30)27-15-9-17(24)20(18(25)10-15)23(7-8-23)22-28-21(33-29-22)13-3-4-13/h5-6,9-10,12-13H,2-4,7-8,11H2,1H3,(H,27,30). The molecule has 0 radical (unpaired) electrons. The summed E-state index contributed by atoms with van der Waals surface area (Å²) < 4.78 is 29.3. The molecule has 2 aromatic heterocycles.